The van der Waals surface area contributed by atoms with Crippen LogP contribution in [0.2, 0.25) is 0 Å². The SMILES string of the molecule is Cc1n[nH]c(C)c1C(=O)Nc1ccc2[nH]ncc2c1. The van der Waals surface area contributed by atoms with Crippen molar-refractivity contribution in [2.75, 3.05) is 5.32 Å². The lowest BCUT2D eigenvalue weighted by molar-refractivity contribution is 0.102. The van der Waals surface area contributed by atoms with Crippen LogP contribution in [0.25, 0.3) is 10.9 Å². The van der Waals surface area contributed by atoms with Gasteiger partial charge >= 0.3 is 0 Å². The number of aromatic nitrogens is 4. The third-order valence-corrected chi connectivity index (χ3v) is 3.05. The van der Waals surface area contributed by atoms with Crippen molar-refractivity contribution in [2.45, 2.75) is 13.8 Å². The molecule has 6 heteroatoms. The van der Waals surface area contributed by atoms with Crippen molar-refractivity contribution in [1.82, 2.24) is 20.4 Å². The van der Waals surface area contributed by atoms with Crippen molar-refractivity contribution < 1.29 is 4.79 Å². The molecule has 3 rings (SSSR count). The molecule has 0 aliphatic carbocycles. The number of aryl methyl sites for hydroxylation is 2. The normalized spacial score (nSPS) is 10.8. The number of nitrogens with zero attached hydrogens (tertiary/aromatic N) is 2. The summed E-state index contributed by atoms with van der Waals surface area (Å²) in [4.78, 5) is 12.2. The maximum absolute atomic E-state index is 12.2. The van der Waals surface area contributed by atoms with Gasteiger partial charge in [0.1, 0.15) is 0 Å². The number of anilines is 1. The zero-order valence-electron chi connectivity index (χ0n) is 10.6. The van der Waals surface area contributed by atoms with Gasteiger partial charge in [0.25, 0.3) is 5.91 Å². The van der Waals surface area contributed by atoms with Gasteiger partial charge in [0.05, 0.1) is 23.0 Å². The number of carbonyl (C=O) groups excluding carboxylic acids is 1. The van der Waals surface area contributed by atoms with E-state index in [1.807, 2.05) is 25.1 Å². The minimum Gasteiger partial charge on any atom is -0.322 e. The van der Waals surface area contributed by atoms with Crippen LogP contribution in [0.5, 0.6) is 0 Å². The molecular weight excluding hydrogens is 242 g/mol. The van der Waals surface area contributed by atoms with Gasteiger partial charge in [-0.2, -0.15) is 10.2 Å². The summed E-state index contributed by atoms with van der Waals surface area (Å²) in [7, 11) is 0. The van der Waals surface area contributed by atoms with Gasteiger partial charge in [-0.05, 0) is 32.0 Å². The van der Waals surface area contributed by atoms with E-state index in [4.69, 9.17) is 0 Å². The van der Waals surface area contributed by atoms with Gasteiger partial charge < -0.3 is 5.32 Å². The van der Waals surface area contributed by atoms with E-state index in [2.05, 4.69) is 25.7 Å². The number of H-pyrrole nitrogens is 2. The van der Waals surface area contributed by atoms with Gasteiger partial charge in [-0.15, -0.1) is 0 Å². The molecule has 0 aliphatic rings. The summed E-state index contributed by atoms with van der Waals surface area (Å²) in [5.41, 5.74) is 3.72. The maximum Gasteiger partial charge on any atom is 0.259 e. The van der Waals surface area contributed by atoms with Crippen molar-refractivity contribution in [1.29, 1.82) is 0 Å². The molecule has 3 aromatic rings. The number of hydrogen-bond acceptors (Lipinski definition) is 3. The second-order valence-corrected chi connectivity index (χ2v) is 4.44. The number of carbonyl (C=O) groups is 1. The van der Waals surface area contributed by atoms with Crippen molar-refractivity contribution in [3.05, 3.63) is 41.3 Å². The average Bonchev–Trinajstić information content (AvgIpc) is 2.95. The maximum atomic E-state index is 12.2. The molecule has 0 atom stereocenters. The molecule has 3 N–H and O–H groups in total. The van der Waals surface area contributed by atoms with E-state index in [0.29, 0.717) is 11.3 Å². The third kappa shape index (κ3) is 1.97. The zero-order chi connectivity index (χ0) is 13.4. The standard InChI is InChI=1S/C13H13N5O/c1-7-12(8(2)17-16-7)13(19)15-10-3-4-11-9(5-10)6-14-18-11/h3-6H,1-2H3,(H,14,18)(H,15,19)(H,16,17). The summed E-state index contributed by atoms with van der Waals surface area (Å²) >= 11 is 0. The highest BCUT2D eigenvalue weighted by Crippen LogP contribution is 2.18. The summed E-state index contributed by atoms with van der Waals surface area (Å²) in [6.45, 7) is 3.63. The molecule has 1 aromatic carbocycles. The van der Waals surface area contributed by atoms with Crippen LogP contribution in [0.3, 0.4) is 0 Å². The van der Waals surface area contributed by atoms with Crippen molar-refractivity contribution in [3.63, 3.8) is 0 Å². The fraction of sp³-hybridized carbons (Fsp3) is 0.154. The molecule has 0 saturated carbocycles. The van der Waals surface area contributed by atoms with Crippen molar-refractivity contribution >= 4 is 22.5 Å². The first-order valence-electron chi connectivity index (χ1n) is 5.91. The van der Waals surface area contributed by atoms with Gasteiger partial charge in [0.15, 0.2) is 0 Å². The molecule has 0 fully saturated rings. The fourth-order valence-electron chi connectivity index (χ4n) is 2.10. The van der Waals surface area contributed by atoms with Crippen LogP contribution in [0.15, 0.2) is 24.4 Å². The van der Waals surface area contributed by atoms with Crippen LogP contribution in [-0.2, 0) is 0 Å². The topological polar surface area (TPSA) is 86.5 Å². The van der Waals surface area contributed by atoms with E-state index in [9.17, 15) is 4.79 Å². The Kier molecular flexibility index (Phi) is 2.56. The summed E-state index contributed by atoms with van der Waals surface area (Å²) in [6, 6.07) is 5.59. The Morgan fingerprint density at radius 2 is 2.11 bits per heavy atom. The second kappa shape index (κ2) is 4.24. The molecule has 1 amide bonds. The van der Waals surface area contributed by atoms with E-state index in [1.54, 1.807) is 13.1 Å². The lowest BCUT2D eigenvalue weighted by Gasteiger charge is -2.05. The third-order valence-electron chi connectivity index (χ3n) is 3.05. The van der Waals surface area contributed by atoms with E-state index >= 15 is 0 Å². The smallest absolute Gasteiger partial charge is 0.259 e. The number of nitrogens with one attached hydrogen (secondary N) is 3. The summed E-state index contributed by atoms with van der Waals surface area (Å²) in [5, 5.41) is 17.5. The predicted molar refractivity (Wildman–Crippen MR) is 72.1 cm³/mol. The van der Waals surface area contributed by atoms with Gasteiger partial charge in [-0.25, -0.2) is 0 Å². The zero-order valence-corrected chi connectivity index (χ0v) is 10.6. The molecular formula is C13H13N5O. The van der Waals surface area contributed by atoms with Crippen LogP contribution in [-0.4, -0.2) is 26.3 Å². The van der Waals surface area contributed by atoms with Gasteiger partial charge in [0, 0.05) is 16.8 Å². The predicted octanol–water partition coefficient (Wildman–Crippen LogP) is 2.16. The van der Waals surface area contributed by atoms with Gasteiger partial charge in [-0.1, -0.05) is 0 Å². The monoisotopic (exact) mass is 255 g/mol. The highest BCUT2D eigenvalue weighted by atomic mass is 16.1. The number of amides is 1. The molecule has 0 saturated heterocycles. The Balaban J connectivity index is 1.90. The number of benzene rings is 1. The molecule has 19 heavy (non-hydrogen) atoms. The van der Waals surface area contributed by atoms with Crippen LogP contribution in [0.4, 0.5) is 5.69 Å². The Morgan fingerprint density at radius 1 is 1.26 bits per heavy atom. The van der Waals surface area contributed by atoms with Crippen LogP contribution < -0.4 is 5.32 Å². The number of rotatable bonds is 2. The van der Waals surface area contributed by atoms with E-state index in [1.165, 1.54) is 0 Å². The summed E-state index contributed by atoms with van der Waals surface area (Å²) < 4.78 is 0. The Hall–Kier alpha value is -2.63. The Labute approximate surface area is 109 Å². The number of fused-ring (bicyclic) bond motifs is 1. The summed E-state index contributed by atoms with van der Waals surface area (Å²) in [6.07, 6.45) is 1.72. The van der Waals surface area contributed by atoms with Crippen LogP contribution >= 0.6 is 0 Å². The van der Waals surface area contributed by atoms with E-state index in [0.717, 1.165) is 22.3 Å². The molecule has 0 unspecified atom stereocenters. The Bertz CT molecular complexity index is 736. The molecule has 0 radical (unpaired) electrons. The van der Waals surface area contributed by atoms with Gasteiger partial charge in [-0.3, -0.25) is 15.0 Å². The van der Waals surface area contributed by atoms with Crippen molar-refractivity contribution in [2.24, 2.45) is 0 Å². The molecule has 2 heterocycles. The average molecular weight is 255 g/mol. The number of aromatic amines is 2. The lowest BCUT2D eigenvalue weighted by Crippen LogP contribution is -2.13. The molecule has 0 bridgehead atoms. The van der Waals surface area contributed by atoms with Crippen LogP contribution in [0.1, 0.15) is 21.7 Å². The molecule has 6 nitrogen and oxygen atoms in total. The highest BCUT2D eigenvalue weighted by Gasteiger charge is 2.15. The minimum atomic E-state index is -0.161. The quantitative estimate of drug-likeness (QED) is 0.655. The number of hydrogen-bond donors (Lipinski definition) is 3. The first kappa shape index (κ1) is 11.5. The molecule has 96 valence electrons. The van der Waals surface area contributed by atoms with E-state index < -0.39 is 0 Å². The van der Waals surface area contributed by atoms with E-state index in [-0.39, 0.29) is 5.91 Å². The first-order valence-corrected chi connectivity index (χ1v) is 5.91. The lowest BCUT2D eigenvalue weighted by atomic mass is 10.1. The minimum absolute atomic E-state index is 0.161. The molecule has 0 spiro atoms. The molecule has 2 aromatic heterocycles. The Morgan fingerprint density at radius 3 is 2.84 bits per heavy atom. The molecule has 0 aliphatic heterocycles. The highest BCUT2D eigenvalue weighted by molar-refractivity contribution is 6.06. The first-order chi connectivity index (χ1) is 9.15. The fourth-order valence-corrected chi connectivity index (χ4v) is 2.10. The largest absolute Gasteiger partial charge is 0.322 e. The summed E-state index contributed by atoms with van der Waals surface area (Å²) in [5.74, 6) is -0.161. The second-order valence-electron chi connectivity index (χ2n) is 4.44. The van der Waals surface area contributed by atoms with Crippen molar-refractivity contribution in [3.8, 4) is 0 Å². The van der Waals surface area contributed by atoms with Gasteiger partial charge in [0.2, 0.25) is 0 Å². The van der Waals surface area contributed by atoms with Crippen LogP contribution in [0, 0.1) is 13.8 Å².